The van der Waals surface area contributed by atoms with Crippen LogP contribution in [0.3, 0.4) is 0 Å². The molecule has 1 atom stereocenters. The second-order valence-corrected chi connectivity index (χ2v) is 6.28. The van der Waals surface area contributed by atoms with E-state index in [1.54, 1.807) is 0 Å². The van der Waals surface area contributed by atoms with Crippen LogP contribution < -0.4 is 16.0 Å². The molecule has 1 saturated carbocycles. The maximum Gasteiger partial charge on any atom is 0.231 e. The van der Waals surface area contributed by atoms with Crippen molar-refractivity contribution >= 4 is 23.2 Å². The average molecular weight is 287 g/mol. The van der Waals surface area contributed by atoms with Crippen LogP contribution in [0.25, 0.3) is 0 Å². The van der Waals surface area contributed by atoms with E-state index in [9.17, 15) is 9.59 Å². The number of hydrogen-bond acceptors (Lipinski definition) is 3. The summed E-state index contributed by atoms with van der Waals surface area (Å²) in [4.78, 5) is 23.9. The van der Waals surface area contributed by atoms with Crippen LogP contribution in [0.2, 0.25) is 0 Å². The molecule has 5 heteroatoms. The zero-order chi connectivity index (χ0) is 14.9. The first kappa shape index (κ1) is 14.1. The van der Waals surface area contributed by atoms with Crippen molar-refractivity contribution in [3.8, 4) is 0 Å². The largest absolute Gasteiger partial charge is 0.326 e. The predicted molar refractivity (Wildman–Crippen MR) is 82.0 cm³/mol. The summed E-state index contributed by atoms with van der Waals surface area (Å²) in [5.74, 6) is 0.331. The fourth-order valence-corrected chi connectivity index (χ4v) is 2.52. The highest BCUT2D eigenvalue weighted by Crippen LogP contribution is 2.30. The molecule has 0 bridgehead atoms. The fourth-order valence-electron chi connectivity index (χ4n) is 2.52. The summed E-state index contributed by atoms with van der Waals surface area (Å²) in [6.45, 7) is 3.58. The van der Waals surface area contributed by atoms with Crippen molar-refractivity contribution < 1.29 is 9.59 Å². The number of hydrogen-bond donors (Lipinski definition) is 3. The van der Waals surface area contributed by atoms with Crippen molar-refractivity contribution in [1.82, 2.24) is 5.32 Å². The molecule has 1 saturated heterocycles. The van der Waals surface area contributed by atoms with E-state index in [2.05, 4.69) is 16.0 Å². The maximum atomic E-state index is 12.3. The van der Waals surface area contributed by atoms with Gasteiger partial charge in [-0.2, -0.15) is 0 Å². The van der Waals surface area contributed by atoms with Crippen molar-refractivity contribution in [3.63, 3.8) is 0 Å². The average Bonchev–Trinajstić information content (AvgIpc) is 3.23. The van der Waals surface area contributed by atoms with Gasteiger partial charge in [0.25, 0.3) is 0 Å². The second-order valence-electron chi connectivity index (χ2n) is 6.28. The van der Waals surface area contributed by atoms with Gasteiger partial charge in [0.1, 0.15) is 0 Å². The van der Waals surface area contributed by atoms with Crippen LogP contribution in [0.4, 0.5) is 11.4 Å². The number of rotatable bonds is 4. The van der Waals surface area contributed by atoms with Gasteiger partial charge in [0.05, 0.1) is 5.41 Å². The number of nitrogens with one attached hydrogen (secondary N) is 3. The molecular weight excluding hydrogens is 266 g/mol. The Kier molecular flexibility index (Phi) is 3.68. The van der Waals surface area contributed by atoms with Crippen molar-refractivity contribution in [2.24, 2.45) is 11.3 Å². The fraction of sp³-hybridized carbons (Fsp3) is 0.500. The Morgan fingerprint density at radius 2 is 1.76 bits per heavy atom. The van der Waals surface area contributed by atoms with Gasteiger partial charge in [0, 0.05) is 23.8 Å². The Balaban J connectivity index is 1.58. The normalized spacial score (nSPS) is 24.6. The molecule has 0 radical (unpaired) electrons. The smallest absolute Gasteiger partial charge is 0.231 e. The molecule has 0 aromatic heterocycles. The Labute approximate surface area is 124 Å². The molecule has 1 aliphatic carbocycles. The van der Waals surface area contributed by atoms with Gasteiger partial charge in [-0.3, -0.25) is 9.59 Å². The molecule has 1 aromatic rings. The minimum absolute atomic E-state index is 0.0438. The number of amides is 2. The molecule has 112 valence electrons. The molecule has 0 spiro atoms. The molecule has 1 heterocycles. The summed E-state index contributed by atoms with van der Waals surface area (Å²) in [5.41, 5.74) is 1.20. The van der Waals surface area contributed by atoms with Crippen LogP contribution in [0.15, 0.2) is 24.3 Å². The van der Waals surface area contributed by atoms with E-state index >= 15 is 0 Å². The van der Waals surface area contributed by atoms with Crippen LogP contribution in [-0.4, -0.2) is 24.9 Å². The molecule has 3 N–H and O–H groups in total. The minimum atomic E-state index is -0.334. The number of anilines is 2. The first-order valence-corrected chi connectivity index (χ1v) is 7.50. The summed E-state index contributed by atoms with van der Waals surface area (Å²) in [6.07, 6.45) is 2.84. The lowest BCUT2D eigenvalue weighted by Crippen LogP contribution is -2.35. The first-order chi connectivity index (χ1) is 10.1. The highest BCUT2D eigenvalue weighted by atomic mass is 16.2. The van der Waals surface area contributed by atoms with Gasteiger partial charge < -0.3 is 16.0 Å². The van der Waals surface area contributed by atoms with Crippen LogP contribution in [0.5, 0.6) is 0 Å². The van der Waals surface area contributed by atoms with E-state index < -0.39 is 0 Å². The molecule has 2 amide bonds. The highest BCUT2D eigenvalue weighted by Gasteiger charge is 2.36. The Bertz CT molecular complexity index is 543. The molecule has 21 heavy (non-hydrogen) atoms. The van der Waals surface area contributed by atoms with E-state index in [4.69, 9.17) is 0 Å². The van der Waals surface area contributed by atoms with E-state index in [1.807, 2.05) is 31.2 Å². The maximum absolute atomic E-state index is 12.3. The molecular formula is C16H21N3O2. The summed E-state index contributed by atoms with van der Waals surface area (Å²) in [7, 11) is 0. The lowest BCUT2D eigenvalue weighted by Gasteiger charge is -2.21. The van der Waals surface area contributed by atoms with Crippen LogP contribution in [0.1, 0.15) is 26.2 Å². The van der Waals surface area contributed by atoms with E-state index in [0.717, 1.165) is 37.2 Å². The summed E-state index contributed by atoms with van der Waals surface area (Å²) in [6, 6.07) is 7.30. The molecule has 3 rings (SSSR count). The van der Waals surface area contributed by atoms with Crippen LogP contribution in [0, 0.1) is 11.3 Å². The first-order valence-electron chi connectivity index (χ1n) is 7.50. The van der Waals surface area contributed by atoms with Gasteiger partial charge in [-0.15, -0.1) is 0 Å². The van der Waals surface area contributed by atoms with Gasteiger partial charge in [-0.05, 0) is 57.0 Å². The Hall–Kier alpha value is -1.88. The van der Waals surface area contributed by atoms with Gasteiger partial charge in [-0.1, -0.05) is 0 Å². The summed E-state index contributed by atoms with van der Waals surface area (Å²) < 4.78 is 0. The zero-order valence-electron chi connectivity index (χ0n) is 12.2. The van der Waals surface area contributed by atoms with Gasteiger partial charge in [-0.25, -0.2) is 0 Å². The third-order valence-electron chi connectivity index (χ3n) is 4.28. The van der Waals surface area contributed by atoms with Crippen molar-refractivity contribution in [2.45, 2.75) is 26.2 Å². The molecule has 2 fully saturated rings. The molecule has 1 aliphatic heterocycles. The third-order valence-corrected chi connectivity index (χ3v) is 4.28. The van der Waals surface area contributed by atoms with E-state index in [0.29, 0.717) is 6.54 Å². The van der Waals surface area contributed by atoms with Crippen molar-refractivity contribution in [2.75, 3.05) is 23.7 Å². The lowest BCUT2D eigenvalue weighted by atomic mass is 9.89. The Morgan fingerprint density at radius 3 is 2.29 bits per heavy atom. The molecule has 1 unspecified atom stereocenters. The topological polar surface area (TPSA) is 70.2 Å². The minimum Gasteiger partial charge on any atom is -0.326 e. The SMILES string of the molecule is CC1(C(=O)Nc2ccc(NC(=O)C3CC3)cc2)CCNC1. The van der Waals surface area contributed by atoms with E-state index in [1.165, 1.54) is 0 Å². The van der Waals surface area contributed by atoms with Crippen molar-refractivity contribution in [3.05, 3.63) is 24.3 Å². The third kappa shape index (κ3) is 3.24. The second kappa shape index (κ2) is 5.48. The lowest BCUT2D eigenvalue weighted by molar-refractivity contribution is -0.123. The molecule has 5 nitrogen and oxygen atoms in total. The number of carbonyl (C=O) groups excluding carboxylic acids is 2. The van der Waals surface area contributed by atoms with E-state index in [-0.39, 0.29) is 23.1 Å². The summed E-state index contributed by atoms with van der Waals surface area (Å²) in [5, 5.41) is 9.05. The van der Waals surface area contributed by atoms with Gasteiger partial charge >= 0.3 is 0 Å². The monoisotopic (exact) mass is 287 g/mol. The highest BCUT2D eigenvalue weighted by molar-refractivity contribution is 5.96. The standard InChI is InChI=1S/C16H21N3O2/c1-16(8-9-17-10-16)15(21)19-13-6-4-12(5-7-13)18-14(20)11-2-3-11/h4-7,11,17H,2-3,8-10H2,1H3,(H,18,20)(H,19,21). The Morgan fingerprint density at radius 1 is 1.14 bits per heavy atom. The van der Waals surface area contributed by atoms with Gasteiger partial charge in [0.15, 0.2) is 0 Å². The molecule has 1 aromatic carbocycles. The number of benzene rings is 1. The van der Waals surface area contributed by atoms with Gasteiger partial charge in [0.2, 0.25) is 11.8 Å². The van der Waals surface area contributed by atoms with Crippen LogP contribution in [-0.2, 0) is 9.59 Å². The molecule has 2 aliphatic rings. The zero-order valence-corrected chi connectivity index (χ0v) is 12.2. The van der Waals surface area contributed by atoms with Crippen molar-refractivity contribution in [1.29, 1.82) is 0 Å². The predicted octanol–water partition coefficient (Wildman–Crippen LogP) is 1.97. The summed E-state index contributed by atoms with van der Waals surface area (Å²) >= 11 is 0. The van der Waals surface area contributed by atoms with Crippen LogP contribution >= 0.6 is 0 Å². The quantitative estimate of drug-likeness (QED) is 0.793. The number of carbonyl (C=O) groups is 2.